The summed E-state index contributed by atoms with van der Waals surface area (Å²) in [7, 11) is 0. The Morgan fingerprint density at radius 2 is 1.93 bits per heavy atom. The Morgan fingerprint density at radius 3 is 2.63 bits per heavy atom. The van der Waals surface area contributed by atoms with Gasteiger partial charge in [-0.1, -0.05) is 6.07 Å². The lowest BCUT2D eigenvalue weighted by Gasteiger charge is -2.34. The molecule has 3 saturated heterocycles. The zero-order valence-electron chi connectivity index (χ0n) is 17.9. The Balaban J connectivity index is 1.33. The number of nitrogens with zero attached hydrogens (tertiary/aromatic N) is 2. The van der Waals surface area contributed by atoms with Crippen LogP contribution in [-0.2, 0) is 16.0 Å². The van der Waals surface area contributed by atoms with Crippen LogP contribution in [0.2, 0.25) is 0 Å². The van der Waals surface area contributed by atoms with Gasteiger partial charge in [0.2, 0.25) is 0 Å². The van der Waals surface area contributed by atoms with Crippen molar-refractivity contribution in [3.05, 3.63) is 28.8 Å². The van der Waals surface area contributed by atoms with Gasteiger partial charge in [0.25, 0.3) is 0 Å². The topological polar surface area (TPSA) is 79.3 Å². The lowest BCUT2D eigenvalue weighted by molar-refractivity contribution is -0.123. The number of piperidine rings is 1. The minimum absolute atomic E-state index is 0.244. The van der Waals surface area contributed by atoms with E-state index in [1.807, 2.05) is 6.07 Å². The molecule has 3 unspecified atom stereocenters. The highest BCUT2D eigenvalue weighted by molar-refractivity contribution is 5.81. The van der Waals surface area contributed by atoms with Crippen molar-refractivity contribution < 1.29 is 24.2 Å². The van der Waals surface area contributed by atoms with E-state index in [-0.39, 0.29) is 6.10 Å². The summed E-state index contributed by atoms with van der Waals surface area (Å²) in [6, 6.07) is 5.05. The predicted molar refractivity (Wildman–Crippen MR) is 112 cm³/mol. The smallest absolute Gasteiger partial charge is 0.407 e. The summed E-state index contributed by atoms with van der Waals surface area (Å²) in [5, 5.41) is 9.16. The summed E-state index contributed by atoms with van der Waals surface area (Å²) in [6.07, 6.45) is 3.59. The van der Waals surface area contributed by atoms with E-state index >= 15 is 0 Å². The molecule has 1 aromatic rings. The minimum atomic E-state index is -0.911. The van der Waals surface area contributed by atoms with Crippen molar-refractivity contribution >= 4 is 11.9 Å². The van der Waals surface area contributed by atoms with Crippen LogP contribution in [0.25, 0.3) is 0 Å². The van der Waals surface area contributed by atoms with Crippen LogP contribution in [-0.4, -0.2) is 77.8 Å². The number of rotatable bonds is 6. The summed E-state index contributed by atoms with van der Waals surface area (Å²) in [5.41, 5.74) is 3.68. The molecule has 7 nitrogen and oxygen atoms in total. The number of hydrogen-bond acceptors (Lipinski definition) is 5. The summed E-state index contributed by atoms with van der Waals surface area (Å²) < 4.78 is 11.7. The van der Waals surface area contributed by atoms with Crippen LogP contribution in [0.15, 0.2) is 12.1 Å². The highest BCUT2D eigenvalue weighted by Crippen LogP contribution is 2.34. The van der Waals surface area contributed by atoms with Crippen molar-refractivity contribution in [2.24, 2.45) is 0 Å². The number of Topliss-reactive ketones (excluding diaryl/α,β-unsaturated/α-hetero) is 1. The lowest BCUT2D eigenvalue weighted by Crippen LogP contribution is -2.47. The first-order valence-electron chi connectivity index (χ1n) is 11.0. The molecule has 0 radical (unpaired) electrons. The second-order valence-corrected chi connectivity index (χ2v) is 8.82. The van der Waals surface area contributed by atoms with Gasteiger partial charge >= 0.3 is 6.09 Å². The SMILES string of the molecule is Cc1c(CCN2C3CCC2CC(=O)C3)ccc(OCC2CN(C(=O)O)CCO2)c1C. The normalized spacial score (nSPS) is 26.8. The van der Waals surface area contributed by atoms with E-state index < -0.39 is 6.09 Å². The van der Waals surface area contributed by atoms with Crippen molar-refractivity contribution in [3.63, 3.8) is 0 Å². The number of carboxylic acid groups (broad SMARTS) is 1. The highest BCUT2D eigenvalue weighted by atomic mass is 16.5. The van der Waals surface area contributed by atoms with Gasteiger partial charge in [-0.25, -0.2) is 4.79 Å². The van der Waals surface area contributed by atoms with Crippen molar-refractivity contribution in [3.8, 4) is 5.75 Å². The quantitative estimate of drug-likeness (QED) is 0.768. The van der Waals surface area contributed by atoms with E-state index in [1.54, 1.807) is 0 Å². The number of hydrogen-bond donors (Lipinski definition) is 1. The second-order valence-electron chi connectivity index (χ2n) is 8.82. The fraction of sp³-hybridized carbons (Fsp3) is 0.652. The Bertz CT molecular complexity index is 795. The number of ketones is 1. The molecule has 3 heterocycles. The van der Waals surface area contributed by atoms with Gasteiger partial charge < -0.3 is 19.5 Å². The molecule has 0 spiro atoms. The standard InChI is InChI=1S/C23H32N2O5/c1-15-16(2)22(30-14-21-13-24(23(27)28)9-10-29-21)6-3-17(15)7-8-25-18-4-5-19(25)12-20(26)11-18/h3,6,18-19,21H,4-5,7-14H2,1-2H3,(H,27,28). The van der Waals surface area contributed by atoms with Crippen molar-refractivity contribution in [1.29, 1.82) is 0 Å². The first-order chi connectivity index (χ1) is 14.4. The number of morpholine rings is 1. The Kier molecular flexibility index (Phi) is 6.29. The summed E-state index contributed by atoms with van der Waals surface area (Å²) >= 11 is 0. The van der Waals surface area contributed by atoms with E-state index in [0.29, 0.717) is 44.2 Å². The largest absolute Gasteiger partial charge is 0.491 e. The van der Waals surface area contributed by atoms with Gasteiger partial charge in [-0.2, -0.15) is 0 Å². The molecule has 7 heteroatoms. The van der Waals surface area contributed by atoms with Gasteiger partial charge in [0.05, 0.1) is 13.2 Å². The number of amides is 1. The Hall–Kier alpha value is -2.12. The molecular weight excluding hydrogens is 384 g/mol. The van der Waals surface area contributed by atoms with Crippen LogP contribution < -0.4 is 4.74 Å². The molecule has 3 aliphatic rings. The molecule has 1 aromatic carbocycles. The average molecular weight is 417 g/mol. The Morgan fingerprint density at radius 1 is 1.20 bits per heavy atom. The molecule has 3 atom stereocenters. The molecule has 30 heavy (non-hydrogen) atoms. The first-order valence-corrected chi connectivity index (χ1v) is 11.0. The molecule has 3 aliphatic heterocycles. The van der Waals surface area contributed by atoms with Crippen LogP contribution >= 0.6 is 0 Å². The molecule has 0 aromatic heterocycles. The minimum Gasteiger partial charge on any atom is -0.491 e. The predicted octanol–water partition coefficient (Wildman–Crippen LogP) is 2.80. The van der Waals surface area contributed by atoms with Gasteiger partial charge in [-0.15, -0.1) is 0 Å². The van der Waals surface area contributed by atoms with Gasteiger partial charge in [-0.05, 0) is 55.9 Å². The van der Waals surface area contributed by atoms with Crippen LogP contribution in [0.4, 0.5) is 4.79 Å². The van der Waals surface area contributed by atoms with Crippen LogP contribution in [0.3, 0.4) is 0 Å². The monoisotopic (exact) mass is 416 g/mol. The zero-order chi connectivity index (χ0) is 21.3. The fourth-order valence-corrected chi connectivity index (χ4v) is 5.13. The number of benzene rings is 1. The Labute approximate surface area is 177 Å². The lowest BCUT2D eigenvalue weighted by atomic mass is 9.97. The van der Waals surface area contributed by atoms with E-state index in [4.69, 9.17) is 14.6 Å². The van der Waals surface area contributed by atoms with Crippen LogP contribution in [0.5, 0.6) is 5.75 Å². The molecular formula is C23H32N2O5. The third-order valence-electron chi connectivity index (χ3n) is 7.02. The van der Waals surface area contributed by atoms with Crippen molar-refractivity contribution in [2.45, 2.75) is 64.1 Å². The zero-order valence-corrected chi connectivity index (χ0v) is 17.9. The maximum absolute atomic E-state index is 11.8. The number of ether oxygens (including phenoxy) is 2. The van der Waals surface area contributed by atoms with Gasteiger partial charge in [-0.3, -0.25) is 9.69 Å². The molecule has 1 N–H and O–H groups in total. The van der Waals surface area contributed by atoms with E-state index in [9.17, 15) is 9.59 Å². The van der Waals surface area contributed by atoms with E-state index in [1.165, 1.54) is 16.0 Å². The second kappa shape index (κ2) is 8.94. The highest BCUT2D eigenvalue weighted by Gasteiger charge is 2.39. The maximum Gasteiger partial charge on any atom is 0.407 e. The molecule has 0 saturated carbocycles. The maximum atomic E-state index is 11.8. The average Bonchev–Trinajstić information content (AvgIpc) is 2.97. The summed E-state index contributed by atoms with van der Waals surface area (Å²) in [5.74, 6) is 1.26. The van der Waals surface area contributed by atoms with Crippen molar-refractivity contribution in [2.75, 3.05) is 32.8 Å². The van der Waals surface area contributed by atoms with E-state index in [0.717, 1.165) is 50.0 Å². The summed E-state index contributed by atoms with van der Waals surface area (Å²) in [6.45, 7) is 6.70. The molecule has 164 valence electrons. The number of carbonyl (C=O) groups excluding carboxylic acids is 1. The summed E-state index contributed by atoms with van der Waals surface area (Å²) in [4.78, 5) is 26.9. The number of carbonyl (C=O) groups is 2. The van der Waals surface area contributed by atoms with Gasteiger partial charge in [0.1, 0.15) is 24.2 Å². The molecule has 4 rings (SSSR count). The fourth-order valence-electron chi connectivity index (χ4n) is 5.13. The first kappa shape index (κ1) is 21.1. The number of fused-ring (bicyclic) bond motifs is 2. The van der Waals surface area contributed by atoms with Gasteiger partial charge in [0, 0.05) is 38.0 Å². The third kappa shape index (κ3) is 4.47. The van der Waals surface area contributed by atoms with E-state index in [2.05, 4.69) is 24.8 Å². The van der Waals surface area contributed by atoms with Crippen molar-refractivity contribution in [1.82, 2.24) is 9.80 Å². The molecule has 3 fully saturated rings. The van der Waals surface area contributed by atoms with Gasteiger partial charge in [0.15, 0.2) is 0 Å². The third-order valence-corrected chi connectivity index (χ3v) is 7.02. The molecule has 0 aliphatic carbocycles. The molecule has 2 bridgehead atoms. The molecule has 1 amide bonds. The van der Waals surface area contributed by atoms with Crippen LogP contribution in [0, 0.1) is 13.8 Å². The van der Waals surface area contributed by atoms with Crippen LogP contribution in [0.1, 0.15) is 42.4 Å².